The van der Waals surface area contributed by atoms with E-state index < -0.39 is 28.3 Å². The number of sulfonamides is 1. The molecule has 9 heteroatoms. The molecule has 0 saturated carbocycles. The van der Waals surface area contributed by atoms with Crippen LogP contribution >= 0.6 is 15.9 Å². The first kappa shape index (κ1) is 19.2. The van der Waals surface area contributed by atoms with E-state index in [1.807, 2.05) is 0 Å². The minimum Gasteiger partial charge on any atom is -0.495 e. The van der Waals surface area contributed by atoms with Crippen molar-refractivity contribution in [2.75, 3.05) is 29.5 Å². The number of nitrogens with one attached hydrogen (secondary N) is 1. The lowest BCUT2D eigenvalue weighted by Crippen LogP contribution is -2.37. The van der Waals surface area contributed by atoms with Crippen LogP contribution in [0.4, 0.5) is 15.8 Å². The molecule has 0 fully saturated rings. The van der Waals surface area contributed by atoms with Crippen molar-refractivity contribution < 1.29 is 22.3 Å². The molecule has 0 spiro atoms. The van der Waals surface area contributed by atoms with Gasteiger partial charge in [0, 0.05) is 4.47 Å². The molecule has 0 aromatic heterocycles. The first-order valence-corrected chi connectivity index (χ1v) is 9.72. The van der Waals surface area contributed by atoms with Gasteiger partial charge in [-0.25, -0.2) is 12.8 Å². The van der Waals surface area contributed by atoms with Crippen molar-refractivity contribution in [3.8, 4) is 5.75 Å². The molecule has 0 atom stereocenters. The standard InChI is InChI=1S/C16H16BrFN2O4S/c1-24-15-6-4-3-5-14(15)20(25(2,22)23)10-16(21)19-13-8-7-11(17)9-12(13)18/h3-9H,10H2,1-2H3,(H,19,21). The average molecular weight is 431 g/mol. The number of amides is 1. The zero-order chi connectivity index (χ0) is 18.6. The minimum atomic E-state index is -3.76. The highest BCUT2D eigenvalue weighted by atomic mass is 79.9. The van der Waals surface area contributed by atoms with Crippen LogP contribution in [0, 0.1) is 5.82 Å². The molecule has 2 aromatic carbocycles. The maximum atomic E-state index is 13.8. The molecule has 0 saturated heterocycles. The van der Waals surface area contributed by atoms with Crippen molar-refractivity contribution in [1.29, 1.82) is 0 Å². The fraction of sp³-hybridized carbons (Fsp3) is 0.188. The van der Waals surface area contributed by atoms with Gasteiger partial charge in [0.15, 0.2) is 0 Å². The summed E-state index contributed by atoms with van der Waals surface area (Å²) in [4.78, 5) is 12.2. The third-order valence-corrected chi connectivity index (χ3v) is 4.87. The molecule has 2 aromatic rings. The lowest BCUT2D eigenvalue weighted by Gasteiger charge is -2.23. The largest absolute Gasteiger partial charge is 0.495 e. The van der Waals surface area contributed by atoms with Crippen molar-refractivity contribution in [3.05, 3.63) is 52.8 Å². The van der Waals surface area contributed by atoms with E-state index in [9.17, 15) is 17.6 Å². The number of benzene rings is 2. The third kappa shape index (κ3) is 4.93. The highest BCUT2D eigenvalue weighted by molar-refractivity contribution is 9.10. The predicted molar refractivity (Wildman–Crippen MR) is 97.9 cm³/mol. The zero-order valence-electron chi connectivity index (χ0n) is 13.5. The second-order valence-electron chi connectivity index (χ2n) is 5.11. The number of rotatable bonds is 6. The lowest BCUT2D eigenvalue weighted by atomic mass is 10.3. The number of hydrogen-bond acceptors (Lipinski definition) is 4. The van der Waals surface area contributed by atoms with Gasteiger partial charge in [-0.15, -0.1) is 0 Å². The van der Waals surface area contributed by atoms with Crippen LogP contribution in [0.25, 0.3) is 0 Å². The SMILES string of the molecule is COc1ccccc1N(CC(=O)Nc1ccc(Br)cc1F)S(C)(=O)=O. The number of carbonyl (C=O) groups excluding carboxylic acids is 1. The van der Waals surface area contributed by atoms with E-state index in [-0.39, 0.29) is 11.4 Å². The highest BCUT2D eigenvalue weighted by Gasteiger charge is 2.24. The smallest absolute Gasteiger partial charge is 0.245 e. The van der Waals surface area contributed by atoms with Crippen molar-refractivity contribution in [1.82, 2.24) is 0 Å². The van der Waals surface area contributed by atoms with Crippen LogP contribution in [0.3, 0.4) is 0 Å². The summed E-state index contributed by atoms with van der Waals surface area (Å²) in [5.74, 6) is -1.01. The second-order valence-corrected chi connectivity index (χ2v) is 7.94. The molecule has 0 heterocycles. The van der Waals surface area contributed by atoms with Gasteiger partial charge in [-0.3, -0.25) is 9.10 Å². The first-order valence-electron chi connectivity index (χ1n) is 7.08. The Morgan fingerprint density at radius 2 is 1.96 bits per heavy atom. The molecule has 1 N–H and O–H groups in total. The molecule has 6 nitrogen and oxygen atoms in total. The average Bonchev–Trinajstić information content (AvgIpc) is 2.54. The zero-order valence-corrected chi connectivity index (χ0v) is 15.9. The Hall–Kier alpha value is -2.13. The molecule has 134 valence electrons. The van der Waals surface area contributed by atoms with Crippen LogP contribution < -0.4 is 14.4 Å². The van der Waals surface area contributed by atoms with Crippen LogP contribution in [0.2, 0.25) is 0 Å². The Morgan fingerprint density at radius 3 is 2.56 bits per heavy atom. The van der Waals surface area contributed by atoms with Crippen molar-refractivity contribution in [2.45, 2.75) is 0 Å². The van der Waals surface area contributed by atoms with Gasteiger partial charge in [0.2, 0.25) is 15.9 Å². The van der Waals surface area contributed by atoms with Gasteiger partial charge in [0.1, 0.15) is 18.1 Å². The van der Waals surface area contributed by atoms with Gasteiger partial charge >= 0.3 is 0 Å². The Kier molecular flexibility index (Phi) is 6.02. The fourth-order valence-corrected chi connectivity index (χ4v) is 3.32. The van der Waals surface area contributed by atoms with Crippen molar-refractivity contribution in [2.24, 2.45) is 0 Å². The summed E-state index contributed by atoms with van der Waals surface area (Å²) in [7, 11) is -2.36. The summed E-state index contributed by atoms with van der Waals surface area (Å²) >= 11 is 3.12. The quantitative estimate of drug-likeness (QED) is 0.763. The molecule has 1 amide bonds. The molecule has 25 heavy (non-hydrogen) atoms. The van der Waals surface area contributed by atoms with Crippen LogP contribution in [-0.2, 0) is 14.8 Å². The number of carbonyl (C=O) groups is 1. The molecule has 0 bridgehead atoms. The normalized spacial score (nSPS) is 11.0. The first-order chi connectivity index (χ1) is 11.7. The van der Waals surface area contributed by atoms with Crippen LogP contribution in [-0.4, -0.2) is 34.2 Å². The van der Waals surface area contributed by atoms with E-state index in [1.165, 1.54) is 25.3 Å². The summed E-state index contributed by atoms with van der Waals surface area (Å²) in [5, 5.41) is 2.37. The molecule has 0 aliphatic rings. The molecule has 0 radical (unpaired) electrons. The van der Waals surface area contributed by atoms with Crippen molar-refractivity contribution >= 4 is 43.2 Å². The van der Waals surface area contributed by atoms with Gasteiger partial charge < -0.3 is 10.1 Å². The Balaban J connectivity index is 2.27. The maximum absolute atomic E-state index is 13.8. The number of para-hydroxylation sites is 2. The van der Waals surface area contributed by atoms with Crippen LogP contribution in [0.1, 0.15) is 0 Å². The van der Waals surface area contributed by atoms with E-state index >= 15 is 0 Å². The highest BCUT2D eigenvalue weighted by Crippen LogP contribution is 2.29. The number of methoxy groups -OCH3 is 1. The second kappa shape index (κ2) is 7.83. The predicted octanol–water partition coefficient (Wildman–Crippen LogP) is 3.00. The third-order valence-electron chi connectivity index (χ3n) is 3.25. The molecule has 0 unspecified atom stereocenters. The summed E-state index contributed by atoms with van der Waals surface area (Å²) in [6.45, 7) is -0.519. The summed E-state index contributed by atoms with van der Waals surface area (Å²) < 4.78 is 44.6. The van der Waals surface area contributed by atoms with Gasteiger partial charge in [0.05, 0.1) is 24.7 Å². The van der Waals surface area contributed by atoms with E-state index in [0.29, 0.717) is 10.2 Å². The molecule has 0 aliphatic heterocycles. The minimum absolute atomic E-state index is 0.0401. The monoisotopic (exact) mass is 430 g/mol. The Labute approximate surface area is 153 Å². The van der Waals surface area contributed by atoms with Crippen molar-refractivity contribution in [3.63, 3.8) is 0 Å². The molecular weight excluding hydrogens is 415 g/mol. The summed E-state index contributed by atoms with van der Waals surface area (Å²) in [6, 6.07) is 10.6. The van der Waals surface area contributed by atoms with Gasteiger partial charge in [-0.1, -0.05) is 28.1 Å². The number of anilines is 2. The summed E-state index contributed by atoms with van der Waals surface area (Å²) in [6.07, 6.45) is 0.979. The lowest BCUT2D eigenvalue weighted by molar-refractivity contribution is -0.114. The van der Waals surface area contributed by atoms with E-state index in [4.69, 9.17) is 4.74 Å². The van der Waals surface area contributed by atoms with E-state index in [2.05, 4.69) is 21.2 Å². The number of ether oxygens (including phenoxy) is 1. The van der Waals surface area contributed by atoms with Crippen LogP contribution in [0.5, 0.6) is 5.75 Å². The van der Waals surface area contributed by atoms with Gasteiger partial charge in [0.25, 0.3) is 0 Å². The maximum Gasteiger partial charge on any atom is 0.245 e. The molecular formula is C16H16BrFN2O4S. The van der Waals surface area contributed by atoms with Gasteiger partial charge in [-0.2, -0.15) is 0 Å². The van der Waals surface area contributed by atoms with E-state index in [0.717, 1.165) is 10.6 Å². The van der Waals surface area contributed by atoms with Crippen LogP contribution in [0.15, 0.2) is 46.9 Å². The fourth-order valence-electron chi connectivity index (χ4n) is 2.13. The van der Waals surface area contributed by atoms with E-state index in [1.54, 1.807) is 24.3 Å². The molecule has 2 rings (SSSR count). The Morgan fingerprint density at radius 1 is 1.28 bits per heavy atom. The number of halogens is 2. The number of nitrogens with zero attached hydrogens (tertiary/aromatic N) is 1. The topological polar surface area (TPSA) is 75.7 Å². The Bertz CT molecular complexity index is 889. The molecule has 0 aliphatic carbocycles. The van der Waals surface area contributed by atoms with Gasteiger partial charge in [-0.05, 0) is 30.3 Å². The summed E-state index contributed by atoms with van der Waals surface area (Å²) in [5.41, 5.74) is 0.181. The number of hydrogen-bond donors (Lipinski definition) is 1.